The molecule has 0 saturated carbocycles. The van der Waals surface area contributed by atoms with E-state index < -0.39 is 15.9 Å². The normalized spacial score (nSPS) is 12.8. The third-order valence-electron chi connectivity index (χ3n) is 5.44. The number of ether oxygens (including phenoxy) is 1. The lowest BCUT2D eigenvalue weighted by atomic mass is 10.0. The van der Waals surface area contributed by atoms with Crippen LogP contribution in [0.1, 0.15) is 16.7 Å². The first-order valence-electron chi connectivity index (χ1n) is 9.73. The summed E-state index contributed by atoms with van der Waals surface area (Å²) in [6.07, 6.45) is 3.08. The topological polar surface area (TPSA) is 75.7 Å². The highest BCUT2D eigenvalue weighted by molar-refractivity contribution is 7.92. The molecule has 0 bridgehead atoms. The Morgan fingerprint density at radius 3 is 2.53 bits per heavy atom. The van der Waals surface area contributed by atoms with E-state index in [0.717, 1.165) is 34.4 Å². The zero-order chi connectivity index (χ0) is 21.5. The van der Waals surface area contributed by atoms with Crippen LogP contribution >= 0.6 is 0 Å². The van der Waals surface area contributed by atoms with Gasteiger partial charge in [-0.25, -0.2) is 8.42 Å². The molecular formula is C23H24N2O4S. The number of nitrogens with one attached hydrogen (secondary N) is 1. The van der Waals surface area contributed by atoms with E-state index in [-0.39, 0.29) is 6.54 Å². The summed E-state index contributed by atoms with van der Waals surface area (Å²) in [5.41, 5.74) is 4.46. The molecule has 0 aromatic heterocycles. The van der Waals surface area contributed by atoms with Gasteiger partial charge in [0.1, 0.15) is 12.3 Å². The molecule has 4 rings (SSSR count). The molecule has 0 unspecified atom stereocenters. The average molecular weight is 425 g/mol. The SMILES string of the molecule is COc1ccc(C)cc1N(CC(=O)Nc1ccc2c3c(cccc13)CC2)S(C)(=O)=O. The highest BCUT2D eigenvalue weighted by atomic mass is 32.2. The van der Waals surface area contributed by atoms with Gasteiger partial charge < -0.3 is 10.1 Å². The number of anilines is 2. The largest absolute Gasteiger partial charge is 0.495 e. The molecule has 1 amide bonds. The lowest BCUT2D eigenvalue weighted by molar-refractivity contribution is -0.114. The van der Waals surface area contributed by atoms with Crippen molar-refractivity contribution in [3.05, 3.63) is 65.2 Å². The van der Waals surface area contributed by atoms with Crippen LogP contribution in [-0.4, -0.2) is 34.2 Å². The Balaban J connectivity index is 1.66. The fraction of sp³-hybridized carbons (Fsp3) is 0.261. The zero-order valence-electron chi connectivity index (χ0n) is 17.2. The average Bonchev–Trinajstić information content (AvgIpc) is 3.12. The van der Waals surface area contributed by atoms with Gasteiger partial charge in [0.15, 0.2) is 0 Å². The fourth-order valence-corrected chi connectivity index (χ4v) is 4.90. The first kappa shape index (κ1) is 20.2. The molecule has 0 aliphatic heterocycles. The molecule has 1 N–H and O–H groups in total. The molecule has 0 radical (unpaired) electrons. The number of benzene rings is 3. The van der Waals surface area contributed by atoms with E-state index in [1.54, 1.807) is 12.1 Å². The lowest BCUT2D eigenvalue weighted by Crippen LogP contribution is -2.37. The number of hydrogen-bond acceptors (Lipinski definition) is 4. The van der Waals surface area contributed by atoms with Gasteiger partial charge in [0.2, 0.25) is 15.9 Å². The third kappa shape index (κ3) is 3.73. The van der Waals surface area contributed by atoms with Crippen LogP contribution in [0.5, 0.6) is 5.75 Å². The Morgan fingerprint density at radius 2 is 1.83 bits per heavy atom. The van der Waals surface area contributed by atoms with Gasteiger partial charge in [-0.2, -0.15) is 0 Å². The molecule has 0 saturated heterocycles. The van der Waals surface area contributed by atoms with Crippen LogP contribution in [0.25, 0.3) is 10.8 Å². The van der Waals surface area contributed by atoms with Crippen LogP contribution in [0, 0.1) is 6.92 Å². The monoisotopic (exact) mass is 424 g/mol. The van der Waals surface area contributed by atoms with Crippen molar-refractivity contribution < 1.29 is 17.9 Å². The number of hydrogen-bond donors (Lipinski definition) is 1. The van der Waals surface area contributed by atoms with Gasteiger partial charge >= 0.3 is 0 Å². The van der Waals surface area contributed by atoms with Crippen molar-refractivity contribution in [1.82, 2.24) is 0 Å². The Bertz CT molecular complexity index is 1240. The number of sulfonamides is 1. The summed E-state index contributed by atoms with van der Waals surface area (Å²) in [5.74, 6) is -0.0214. The van der Waals surface area contributed by atoms with E-state index in [1.165, 1.54) is 23.6 Å². The highest BCUT2D eigenvalue weighted by Crippen LogP contribution is 2.35. The summed E-state index contributed by atoms with van der Waals surface area (Å²) < 4.78 is 31.4. The Kier molecular flexibility index (Phi) is 5.15. The van der Waals surface area contributed by atoms with Gasteiger partial charge in [0, 0.05) is 11.1 Å². The van der Waals surface area contributed by atoms with Crippen molar-refractivity contribution in [3.8, 4) is 5.75 Å². The summed E-state index contributed by atoms with van der Waals surface area (Å²) in [6, 6.07) is 15.2. The lowest BCUT2D eigenvalue weighted by Gasteiger charge is -2.24. The predicted octanol–water partition coefficient (Wildman–Crippen LogP) is 3.66. The van der Waals surface area contributed by atoms with Crippen molar-refractivity contribution in [2.24, 2.45) is 0 Å². The highest BCUT2D eigenvalue weighted by Gasteiger charge is 2.25. The summed E-state index contributed by atoms with van der Waals surface area (Å²) in [5, 5.41) is 5.08. The molecule has 30 heavy (non-hydrogen) atoms. The number of methoxy groups -OCH3 is 1. The number of carbonyl (C=O) groups excluding carboxylic acids is 1. The van der Waals surface area contributed by atoms with Crippen LogP contribution in [0.15, 0.2) is 48.5 Å². The Hall–Kier alpha value is -3.06. The standard InChI is InChI=1S/C23H24N2O4S/c1-15-7-12-21(29-2)20(13-15)25(30(3,27)28)14-22(26)24-19-11-10-17-9-8-16-5-4-6-18(19)23(16)17/h4-7,10-13H,8-9,14H2,1-3H3,(H,24,26). The van der Waals surface area contributed by atoms with Crippen LogP contribution < -0.4 is 14.4 Å². The predicted molar refractivity (Wildman–Crippen MR) is 120 cm³/mol. The van der Waals surface area contributed by atoms with Crippen LogP contribution in [0.2, 0.25) is 0 Å². The molecule has 0 fully saturated rings. The van der Waals surface area contributed by atoms with E-state index in [4.69, 9.17) is 4.74 Å². The summed E-state index contributed by atoms with van der Waals surface area (Å²) in [7, 11) is -2.23. The molecule has 3 aromatic carbocycles. The second-order valence-corrected chi connectivity index (χ2v) is 9.51. The molecule has 6 nitrogen and oxygen atoms in total. The molecule has 3 aromatic rings. The minimum absolute atomic E-state index is 0.343. The molecule has 0 spiro atoms. The van der Waals surface area contributed by atoms with Gasteiger partial charge in [-0.15, -0.1) is 0 Å². The minimum Gasteiger partial charge on any atom is -0.495 e. The quantitative estimate of drug-likeness (QED) is 0.655. The maximum Gasteiger partial charge on any atom is 0.245 e. The Morgan fingerprint density at radius 1 is 1.10 bits per heavy atom. The molecule has 1 aliphatic rings. The fourth-order valence-electron chi connectivity index (χ4n) is 4.05. The van der Waals surface area contributed by atoms with E-state index >= 15 is 0 Å². The third-order valence-corrected chi connectivity index (χ3v) is 6.57. The van der Waals surface area contributed by atoms with Crippen molar-refractivity contribution in [2.45, 2.75) is 19.8 Å². The van der Waals surface area contributed by atoms with E-state index in [0.29, 0.717) is 17.1 Å². The number of rotatable bonds is 6. The van der Waals surface area contributed by atoms with Crippen LogP contribution in [0.3, 0.4) is 0 Å². The van der Waals surface area contributed by atoms with E-state index in [1.807, 2.05) is 37.3 Å². The van der Waals surface area contributed by atoms with Crippen molar-refractivity contribution in [3.63, 3.8) is 0 Å². The van der Waals surface area contributed by atoms with Gasteiger partial charge in [-0.1, -0.05) is 30.3 Å². The first-order chi connectivity index (χ1) is 14.3. The van der Waals surface area contributed by atoms with E-state index in [9.17, 15) is 13.2 Å². The van der Waals surface area contributed by atoms with Gasteiger partial charge in [0.05, 0.1) is 19.1 Å². The second-order valence-electron chi connectivity index (χ2n) is 7.61. The maximum absolute atomic E-state index is 12.9. The molecule has 0 atom stereocenters. The molecule has 7 heteroatoms. The number of aryl methyl sites for hydroxylation is 3. The van der Waals surface area contributed by atoms with Crippen molar-refractivity contribution in [2.75, 3.05) is 29.5 Å². The van der Waals surface area contributed by atoms with Gasteiger partial charge in [-0.05, 0) is 60.0 Å². The number of nitrogens with zero attached hydrogens (tertiary/aromatic N) is 1. The first-order valence-corrected chi connectivity index (χ1v) is 11.6. The zero-order valence-corrected chi connectivity index (χ0v) is 18.0. The van der Waals surface area contributed by atoms with Crippen LogP contribution in [-0.2, 0) is 27.7 Å². The number of amides is 1. The van der Waals surface area contributed by atoms with Gasteiger partial charge in [0.25, 0.3) is 0 Å². The van der Waals surface area contributed by atoms with E-state index in [2.05, 4.69) is 11.4 Å². The summed E-state index contributed by atoms with van der Waals surface area (Å²) in [6.45, 7) is 1.51. The molecular weight excluding hydrogens is 400 g/mol. The maximum atomic E-state index is 12.9. The summed E-state index contributed by atoms with van der Waals surface area (Å²) in [4.78, 5) is 12.9. The molecule has 156 valence electrons. The van der Waals surface area contributed by atoms with Gasteiger partial charge in [-0.3, -0.25) is 9.10 Å². The minimum atomic E-state index is -3.71. The Labute approximate surface area is 176 Å². The van der Waals surface area contributed by atoms with Crippen molar-refractivity contribution >= 4 is 38.1 Å². The smallest absolute Gasteiger partial charge is 0.245 e. The second kappa shape index (κ2) is 7.65. The van der Waals surface area contributed by atoms with Crippen molar-refractivity contribution in [1.29, 1.82) is 0 Å². The molecule has 0 heterocycles. The summed E-state index contributed by atoms with van der Waals surface area (Å²) >= 11 is 0. The van der Waals surface area contributed by atoms with Crippen LogP contribution in [0.4, 0.5) is 11.4 Å². The molecule has 1 aliphatic carbocycles. The number of carbonyl (C=O) groups is 1.